The van der Waals surface area contributed by atoms with E-state index in [0.29, 0.717) is 11.4 Å². The largest absolute Gasteiger partial charge is 0.463 e. The molecule has 278 valence electrons. The van der Waals surface area contributed by atoms with Crippen molar-refractivity contribution in [3.63, 3.8) is 0 Å². The highest BCUT2D eigenvalue weighted by atomic mass is 35.5. The van der Waals surface area contributed by atoms with Crippen LogP contribution in [0.2, 0.25) is 5.02 Å². The fourth-order valence-corrected chi connectivity index (χ4v) is 7.36. The molecule has 0 radical (unpaired) electrons. The number of nitrogens with two attached hydrogens (primary N) is 1. The highest BCUT2D eigenvalue weighted by Gasteiger charge is 2.44. The average molecular weight is 802 g/mol. The third-order valence-corrected chi connectivity index (χ3v) is 10.9. The maximum atomic E-state index is 13.9. The number of imidazole rings is 1. The first-order valence-corrected chi connectivity index (χ1v) is 20.1. The van der Waals surface area contributed by atoms with Gasteiger partial charge in [-0.25, -0.2) is 23.1 Å². The van der Waals surface area contributed by atoms with Crippen LogP contribution in [-0.2, 0) is 33.4 Å². The number of nitrogen functional groups attached to an aromatic ring is 1. The maximum Gasteiger partial charge on any atom is 0.459 e. The number of carbonyl (C=O) groups is 1. The molecule has 0 amide bonds. The lowest BCUT2D eigenvalue weighted by Crippen LogP contribution is -2.39. The quantitative estimate of drug-likeness (QED) is 0.0625. The summed E-state index contributed by atoms with van der Waals surface area (Å²) >= 11 is 18.5. The van der Waals surface area contributed by atoms with Crippen molar-refractivity contribution in [1.82, 2.24) is 29.4 Å². The summed E-state index contributed by atoms with van der Waals surface area (Å²) < 4.78 is 61.8. The third-order valence-electron chi connectivity index (χ3n) is 7.49. The van der Waals surface area contributed by atoms with Crippen LogP contribution in [0.4, 0.5) is 11.8 Å². The molecule has 3 aromatic rings. The molecule has 0 spiro atoms. The second-order valence-electron chi connectivity index (χ2n) is 11.6. The van der Waals surface area contributed by atoms with Crippen LogP contribution in [0.15, 0.2) is 30.6 Å². The van der Waals surface area contributed by atoms with Crippen LogP contribution >= 0.6 is 42.5 Å². The molecule has 0 saturated carbocycles. The molecule has 3 heterocycles. The number of ether oxygens (including phenoxy) is 2. The zero-order valence-electron chi connectivity index (χ0n) is 27.6. The molecular weight excluding hydrogens is 762 g/mol. The van der Waals surface area contributed by atoms with E-state index in [0.717, 1.165) is 24.1 Å². The van der Waals surface area contributed by atoms with Crippen LogP contribution in [0.5, 0.6) is 5.75 Å². The Balaban J connectivity index is 1.47. The van der Waals surface area contributed by atoms with Crippen molar-refractivity contribution in [1.29, 1.82) is 0 Å². The lowest BCUT2D eigenvalue weighted by Gasteiger charge is -2.23. The van der Waals surface area contributed by atoms with Crippen LogP contribution in [0.25, 0.3) is 11.2 Å². The normalized spacial score (nSPS) is 21.8. The molecule has 22 heteroatoms. The minimum absolute atomic E-state index is 0.0770. The van der Waals surface area contributed by atoms with Gasteiger partial charge in [-0.15, -0.1) is 28.0 Å². The standard InChI is InChI=1S/C28H40Cl3N8O9PS/c1-5-6-7-19(30)20(31)13-45-22(40)12-34-49(42,48-18-10-8-17(29)9-11-18)46-14-21-24(41)16(2)27(47-21)39-15-33-23-25(35-28(32)36-26(23)39)38(3)37-50(4,43)44/h8-11,15-16,19-21,24,27,37,41H,5-7,12-14H2,1-4H3,(H,34,42)(H2,32,35,36)/t16-,19?,20?,21?,24-,27?,49?/m0/s1. The number of benzene rings is 1. The Bertz CT molecular complexity index is 1770. The van der Waals surface area contributed by atoms with Gasteiger partial charge >= 0.3 is 13.7 Å². The zero-order valence-corrected chi connectivity index (χ0v) is 31.6. The number of rotatable bonds is 18. The van der Waals surface area contributed by atoms with Crippen LogP contribution in [0.1, 0.15) is 39.3 Å². The van der Waals surface area contributed by atoms with Crippen molar-refractivity contribution < 1.29 is 41.4 Å². The number of carbonyl (C=O) groups excluding carboxylic acids is 1. The highest BCUT2D eigenvalue weighted by Crippen LogP contribution is 2.46. The van der Waals surface area contributed by atoms with Gasteiger partial charge in [0.15, 0.2) is 17.0 Å². The molecule has 5 unspecified atom stereocenters. The number of fused-ring (bicyclic) bond motifs is 1. The first kappa shape index (κ1) is 40.3. The Morgan fingerprint density at radius 1 is 1.24 bits per heavy atom. The number of hydrazine groups is 1. The average Bonchev–Trinajstić information content (AvgIpc) is 3.59. The van der Waals surface area contributed by atoms with E-state index in [1.54, 1.807) is 6.92 Å². The minimum Gasteiger partial charge on any atom is -0.463 e. The number of aliphatic hydroxyl groups excluding tert-OH is 1. The van der Waals surface area contributed by atoms with E-state index in [1.165, 1.54) is 42.2 Å². The molecule has 0 bridgehead atoms. The van der Waals surface area contributed by atoms with Gasteiger partial charge in [-0.1, -0.05) is 38.3 Å². The summed E-state index contributed by atoms with van der Waals surface area (Å²) in [7, 11) is -6.55. The maximum absolute atomic E-state index is 13.9. The molecule has 5 N–H and O–H groups in total. The first-order valence-electron chi connectivity index (χ1n) is 15.4. The third kappa shape index (κ3) is 10.8. The highest BCUT2D eigenvalue weighted by molar-refractivity contribution is 7.88. The van der Waals surface area contributed by atoms with E-state index in [4.69, 9.17) is 59.1 Å². The predicted molar refractivity (Wildman–Crippen MR) is 189 cm³/mol. The Morgan fingerprint density at radius 2 is 1.94 bits per heavy atom. The Hall–Kier alpha value is -2.51. The number of halogens is 3. The number of hydrogen-bond donors (Lipinski definition) is 4. The van der Waals surface area contributed by atoms with Crippen LogP contribution in [0, 0.1) is 5.92 Å². The van der Waals surface area contributed by atoms with Crippen molar-refractivity contribution >= 4 is 81.5 Å². The van der Waals surface area contributed by atoms with Gasteiger partial charge in [0.05, 0.1) is 36.0 Å². The molecule has 7 atom stereocenters. The summed E-state index contributed by atoms with van der Waals surface area (Å²) in [5, 5.41) is 14.1. The number of sulfonamides is 1. The Kier molecular flexibility index (Phi) is 14.0. The molecule has 50 heavy (non-hydrogen) atoms. The topological polar surface area (TPSA) is 222 Å². The number of esters is 1. The fraction of sp³-hybridized carbons (Fsp3) is 0.571. The molecule has 1 fully saturated rings. The van der Waals surface area contributed by atoms with Crippen molar-refractivity contribution in [3.05, 3.63) is 35.6 Å². The van der Waals surface area contributed by atoms with E-state index in [1.807, 2.05) is 6.92 Å². The lowest BCUT2D eigenvalue weighted by molar-refractivity contribution is -0.142. The zero-order chi connectivity index (χ0) is 36.8. The molecule has 1 aromatic carbocycles. The van der Waals surface area contributed by atoms with Gasteiger partial charge in [-0.2, -0.15) is 9.97 Å². The van der Waals surface area contributed by atoms with Crippen LogP contribution in [0.3, 0.4) is 0 Å². The van der Waals surface area contributed by atoms with Crippen molar-refractivity contribution in [3.8, 4) is 5.75 Å². The van der Waals surface area contributed by atoms with Gasteiger partial charge in [0, 0.05) is 18.0 Å². The van der Waals surface area contributed by atoms with E-state index < -0.39 is 72.0 Å². The van der Waals surface area contributed by atoms with Crippen molar-refractivity contribution in [2.24, 2.45) is 5.92 Å². The van der Waals surface area contributed by atoms with Gasteiger partial charge in [-0.3, -0.25) is 18.9 Å². The number of nitrogens with zero attached hydrogens (tertiary/aromatic N) is 5. The van der Waals surface area contributed by atoms with E-state index in [-0.39, 0.29) is 35.3 Å². The number of aliphatic hydroxyl groups is 1. The molecule has 4 rings (SSSR count). The summed E-state index contributed by atoms with van der Waals surface area (Å²) in [6.07, 6.45) is 1.78. The number of unbranched alkanes of at least 4 members (excludes halogenated alkanes) is 1. The summed E-state index contributed by atoms with van der Waals surface area (Å²) in [5.41, 5.74) is 6.33. The second kappa shape index (κ2) is 17.3. The van der Waals surface area contributed by atoms with Gasteiger partial charge < -0.3 is 24.8 Å². The second-order valence-corrected chi connectivity index (χ2v) is 16.6. The molecule has 1 saturated heterocycles. The first-order chi connectivity index (χ1) is 23.5. The van der Waals surface area contributed by atoms with Crippen LogP contribution in [-0.4, -0.2) is 95.0 Å². The molecular formula is C28H40Cl3N8O9PS. The number of aromatic nitrogens is 4. The van der Waals surface area contributed by atoms with E-state index in [9.17, 15) is 22.9 Å². The van der Waals surface area contributed by atoms with E-state index >= 15 is 0 Å². The number of hydrogen-bond acceptors (Lipinski definition) is 14. The summed E-state index contributed by atoms with van der Waals surface area (Å²) in [6.45, 7) is 2.56. The van der Waals surface area contributed by atoms with Gasteiger partial charge in [-0.05, 0) is 30.7 Å². The molecule has 17 nitrogen and oxygen atoms in total. The molecule has 1 aliphatic heterocycles. The number of nitrogens with one attached hydrogen (secondary N) is 2. The fourth-order valence-electron chi connectivity index (χ4n) is 4.96. The van der Waals surface area contributed by atoms with E-state index in [2.05, 4.69) is 24.9 Å². The summed E-state index contributed by atoms with van der Waals surface area (Å²) in [6, 6.07) is 5.95. The molecule has 0 aliphatic carbocycles. The minimum atomic E-state index is -4.31. The Morgan fingerprint density at radius 3 is 2.60 bits per heavy atom. The molecule has 2 aromatic heterocycles. The Labute approximate surface area is 304 Å². The van der Waals surface area contributed by atoms with Gasteiger partial charge in [0.2, 0.25) is 16.0 Å². The number of anilines is 2. The SMILES string of the molecule is CCCCC(Cl)C(Cl)COC(=O)CNP(=O)(OCC1OC(n2cnc3c(N(C)NS(C)(=O)=O)nc(N)nc32)[C@@H](C)[C@@H]1O)Oc1ccc(Cl)cc1. The predicted octanol–water partition coefficient (Wildman–Crippen LogP) is 3.60. The van der Waals surface area contributed by atoms with Gasteiger partial charge in [0.25, 0.3) is 0 Å². The molecule has 1 aliphatic rings. The van der Waals surface area contributed by atoms with Crippen molar-refractivity contribution in [2.45, 2.75) is 62.3 Å². The summed E-state index contributed by atoms with van der Waals surface area (Å²) in [4.78, 5) is 27.5. The smallest absolute Gasteiger partial charge is 0.459 e. The monoisotopic (exact) mass is 800 g/mol. The van der Waals surface area contributed by atoms with Crippen molar-refractivity contribution in [2.75, 3.05) is 43.8 Å². The summed E-state index contributed by atoms with van der Waals surface area (Å²) in [5.74, 6) is -1.35. The van der Waals surface area contributed by atoms with Gasteiger partial charge in [0.1, 0.15) is 31.2 Å². The lowest BCUT2D eigenvalue weighted by atomic mass is 10.0. The number of alkyl halides is 2. The van der Waals surface area contributed by atoms with Crippen LogP contribution < -0.4 is 25.2 Å².